The summed E-state index contributed by atoms with van der Waals surface area (Å²) >= 11 is 4.35. The normalized spacial score (nSPS) is 14.7. The van der Waals surface area contributed by atoms with Gasteiger partial charge in [0.15, 0.2) is 6.61 Å². The minimum Gasteiger partial charge on any atom is -0.480 e. The van der Waals surface area contributed by atoms with Crippen LogP contribution in [0.5, 0.6) is 5.75 Å². The van der Waals surface area contributed by atoms with E-state index >= 15 is 0 Å². The van der Waals surface area contributed by atoms with Gasteiger partial charge >= 0.3 is 5.97 Å². The Balaban J connectivity index is 1.64. The van der Waals surface area contributed by atoms with Crippen LogP contribution in [0.2, 0.25) is 0 Å². The number of esters is 1. The Morgan fingerprint density at radius 1 is 1.17 bits per heavy atom. The van der Waals surface area contributed by atoms with Gasteiger partial charge in [0, 0.05) is 5.92 Å². The van der Waals surface area contributed by atoms with Crippen molar-refractivity contribution >= 4 is 68.3 Å². The van der Waals surface area contributed by atoms with Crippen molar-refractivity contribution in [3.63, 3.8) is 0 Å². The third kappa shape index (κ3) is 6.41. The van der Waals surface area contributed by atoms with Crippen molar-refractivity contribution in [2.24, 2.45) is 5.10 Å². The lowest BCUT2D eigenvalue weighted by Gasteiger charge is -2.22. The van der Waals surface area contributed by atoms with Crippen LogP contribution < -0.4 is 10.3 Å². The van der Waals surface area contributed by atoms with Gasteiger partial charge in [-0.1, -0.05) is 31.4 Å². The molecule has 0 atom stereocenters. The van der Waals surface area contributed by atoms with Crippen molar-refractivity contribution in [3.05, 3.63) is 65.3 Å². The monoisotopic (exact) mass is 699 g/mol. The second kappa shape index (κ2) is 11.8. The zero-order valence-electron chi connectivity index (χ0n) is 19.7. The number of hydrogen-bond acceptors (Lipinski definition) is 6. The first-order valence-electron chi connectivity index (χ1n) is 11.7. The van der Waals surface area contributed by atoms with E-state index in [4.69, 9.17) is 14.5 Å². The van der Waals surface area contributed by atoms with E-state index in [2.05, 4.69) is 50.3 Å². The van der Waals surface area contributed by atoms with Crippen molar-refractivity contribution in [2.45, 2.75) is 58.0 Å². The molecule has 3 aromatic rings. The van der Waals surface area contributed by atoms with Crippen molar-refractivity contribution in [1.82, 2.24) is 9.66 Å². The maximum absolute atomic E-state index is 13.4. The van der Waals surface area contributed by atoms with Crippen molar-refractivity contribution in [2.75, 3.05) is 6.61 Å². The second-order valence-electron chi connectivity index (χ2n) is 8.82. The maximum Gasteiger partial charge on any atom is 0.344 e. The number of para-hydroxylation sites is 1. The topological polar surface area (TPSA) is 82.8 Å². The minimum absolute atomic E-state index is 0.152. The number of hydrogen-bond donors (Lipinski definition) is 0. The highest BCUT2D eigenvalue weighted by atomic mass is 127. The predicted octanol–water partition coefficient (Wildman–Crippen LogP) is 5.87. The molecule has 0 unspecified atom stereocenters. The molecule has 4 rings (SSSR count). The molecule has 35 heavy (non-hydrogen) atoms. The number of halogens is 2. The van der Waals surface area contributed by atoms with Gasteiger partial charge in [0.1, 0.15) is 11.6 Å². The number of benzene rings is 2. The highest BCUT2D eigenvalue weighted by Gasteiger charge is 2.22. The molecule has 0 N–H and O–H groups in total. The van der Waals surface area contributed by atoms with E-state index in [-0.39, 0.29) is 24.2 Å². The second-order valence-corrected chi connectivity index (χ2v) is 11.1. The summed E-state index contributed by atoms with van der Waals surface area (Å²) in [6.45, 7) is 3.45. The molecule has 0 saturated heterocycles. The molecule has 1 aliphatic rings. The predicted molar refractivity (Wildman–Crippen MR) is 153 cm³/mol. The number of rotatable bonds is 7. The molecule has 1 heterocycles. The Kier molecular flexibility index (Phi) is 8.79. The van der Waals surface area contributed by atoms with Gasteiger partial charge in [-0.2, -0.15) is 9.78 Å². The summed E-state index contributed by atoms with van der Waals surface area (Å²) < 4.78 is 14.0. The molecule has 2 aromatic carbocycles. The van der Waals surface area contributed by atoms with E-state index in [0.29, 0.717) is 16.7 Å². The highest BCUT2D eigenvalue weighted by Crippen LogP contribution is 2.32. The largest absolute Gasteiger partial charge is 0.480 e. The quantitative estimate of drug-likeness (QED) is 0.175. The first-order chi connectivity index (χ1) is 16.8. The van der Waals surface area contributed by atoms with Crippen LogP contribution in [-0.4, -0.2) is 34.6 Å². The molecule has 1 saturated carbocycles. The summed E-state index contributed by atoms with van der Waals surface area (Å²) in [5.74, 6) is 1.17. The lowest BCUT2D eigenvalue weighted by Crippen LogP contribution is -2.25. The first kappa shape index (κ1) is 26.1. The van der Waals surface area contributed by atoms with Gasteiger partial charge in [-0.15, -0.1) is 0 Å². The molecular weight excluding hydrogens is 672 g/mol. The van der Waals surface area contributed by atoms with Crippen LogP contribution in [0.25, 0.3) is 10.9 Å². The molecule has 7 nitrogen and oxygen atoms in total. The summed E-state index contributed by atoms with van der Waals surface area (Å²) in [6, 6.07) is 11.3. The lowest BCUT2D eigenvalue weighted by atomic mass is 9.88. The summed E-state index contributed by atoms with van der Waals surface area (Å²) in [5.41, 5.74) is 1.39. The number of nitrogens with zero attached hydrogens (tertiary/aromatic N) is 3. The van der Waals surface area contributed by atoms with E-state index in [0.717, 1.165) is 44.2 Å². The van der Waals surface area contributed by atoms with E-state index in [1.807, 2.05) is 30.3 Å². The van der Waals surface area contributed by atoms with Crippen LogP contribution >= 0.6 is 45.2 Å². The molecule has 0 amide bonds. The molecule has 0 aliphatic heterocycles. The third-order valence-electron chi connectivity index (χ3n) is 5.79. The van der Waals surface area contributed by atoms with Crippen LogP contribution in [0.3, 0.4) is 0 Å². The lowest BCUT2D eigenvalue weighted by molar-refractivity contribution is -0.149. The van der Waals surface area contributed by atoms with E-state index in [9.17, 15) is 9.59 Å². The van der Waals surface area contributed by atoms with Gasteiger partial charge in [0.05, 0.1) is 30.4 Å². The molecule has 0 spiro atoms. The number of carbonyl (C=O) groups excluding carboxylic acids is 1. The number of ether oxygens (including phenoxy) is 2. The van der Waals surface area contributed by atoms with Gasteiger partial charge in [-0.3, -0.25) is 4.79 Å². The highest BCUT2D eigenvalue weighted by molar-refractivity contribution is 14.1. The fraction of sp³-hybridized carbons (Fsp3) is 0.385. The average molecular weight is 699 g/mol. The van der Waals surface area contributed by atoms with Crippen molar-refractivity contribution < 1.29 is 14.3 Å². The van der Waals surface area contributed by atoms with Crippen LogP contribution in [0.1, 0.15) is 63.3 Å². The first-order valence-corrected chi connectivity index (χ1v) is 13.9. The summed E-state index contributed by atoms with van der Waals surface area (Å²) in [6.07, 6.45) is 7.03. The Morgan fingerprint density at radius 2 is 1.86 bits per heavy atom. The van der Waals surface area contributed by atoms with Crippen LogP contribution in [-0.2, 0) is 9.53 Å². The molecule has 184 valence electrons. The fourth-order valence-corrected chi connectivity index (χ4v) is 6.35. The number of carbonyl (C=O) groups is 1. The molecular formula is C26H27I2N3O4. The van der Waals surface area contributed by atoms with E-state index in [1.165, 1.54) is 11.1 Å². The summed E-state index contributed by atoms with van der Waals surface area (Å²) in [4.78, 5) is 30.1. The molecule has 9 heteroatoms. The van der Waals surface area contributed by atoms with Crippen LogP contribution in [0.15, 0.2) is 46.3 Å². The summed E-state index contributed by atoms with van der Waals surface area (Å²) in [7, 11) is 0. The SMILES string of the molecule is CC(C)OC(=O)COc1c(I)cc(C=Nn2c(C3CCCCC3)nc3ccccc3c2=O)cc1I. The van der Waals surface area contributed by atoms with Gasteiger partial charge in [-0.25, -0.2) is 9.78 Å². The summed E-state index contributed by atoms with van der Waals surface area (Å²) in [5, 5.41) is 5.18. The Bertz CT molecular complexity index is 1290. The average Bonchev–Trinajstić information content (AvgIpc) is 2.83. The van der Waals surface area contributed by atoms with E-state index < -0.39 is 5.97 Å². The van der Waals surface area contributed by atoms with E-state index in [1.54, 1.807) is 26.1 Å². The zero-order chi connectivity index (χ0) is 24.9. The van der Waals surface area contributed by atoms with Gasteiger partial charge < -0.3 is 9.47 Å². The van der Waals surface area contributed by atoms with Crippen molar-refractivity contribution in [1.29, 1.82) is 0 Å². The zero-order valence-corrected chi connectivity index (χ0v) is 24.0. The Hall–Kier alpha value is -2.02. The fourth-order valence-electron chi connectivity index (χ4n) is 4.22. The van der Waals surface area contributed by atoms with Crippen LogP contribution in [0, 0.1) is 7.14 Å². The van der Waals surface area contributed by atoms with Gasteiger partial charge in [0.25, 0.3) is 5.56 Å². The molecule has 1 aliphatic carbocycles. The standard InChI is InChI=1S/C26H27I2N3O4/c1-16(2)35-23(32)15-34-24-20(27)12-17(13-21(24)28)14-29-31-25(18-8-4-3-5-9-18)30-22-11-7-6-10-19(22)26(31)33/h6-7,10-14,16,18H,3-5,8-9,15H2,1-2H3. The molecule has 1 aromatic heterocycles. The molecule has 0 radical (unpaired) electrons. The van der Waals surface area contributed by atoms with Gasteiger partial charge in [0.2, 0.25) is 0 Å². The Morgan fingerprint density at radius 3 is 2.54 bits per heavy atom. The maximum atomic E-state index is 13.4. The van der Waals surface area contributed by atoms with Crippen molar-refractivity contribution in [3.8, 4) is 5.75 Å². The molecule has 0 bridgehead atoms. The Labute approximate surface area is 231 Å². The van der Waals surface area contributed by atoms with Gasteiger partial charge in [-0.05, 0) is 102 Å². The van der Waals surface area contributed by atoms with Crippen LogP contribution in [0.4, 0.5) is 0 Å². The smallest absolute Gasteiger partial charge is 0.344 e. The third-order valence-corrected chi connectivity index (χ3v) is 7.40. The number of fused-ring (bicyclic) bond motifs is 1. The molecule has 1 fully saturated rings. The number of aromatic nitrogens is 2. The minimum atomic E-state index is -0.407.